The number of benzene rings is 3. The molecule has 0 radical (unpaired) electrons. The molecule has 10 heteroatoms. The summed E-state index contributed by atoms with van der Waals surface area (Å²) < 4.78 is 36.0. The third-order valence-corrected chi connectivity index (χ3v) is 9.98. The zero-order valence-electron chi connectivity index (χ0n) is 26.4. The number of β-lactam (4-membered cyclic amide) rings is 1. The number of aliphatic hydroxyl groups excluding tert-OH is 3. The van der Waals surface area contributed by atoms with Crippen molar-refractivity contribution >= 4 is 21.4 Å². The lowest BCUT2D eigenvalue weighted by Gasteiger charge is -2.48. The number of aryl methyl sites for hydroxylation is 2. The van der Waals surface area contributed by atoms with Gasteiger partial charge in [0.2, 0.25) is 5.91 Å². The van der Waals surface area contributed by atoms with Crippen LogP contribution in [0.15, 0.2) is 72.8 Å². The van der Waals surface area contributed by atoms with Crippen molar-refractivity contribution in [2.24, 2.45) is 5.92 Å². The average Bonchev–Trinajstić information content (AvgIpc) is 3.04. The van der Waals surface area contributed by atoms with E-state index in [1.165, 1.54) is 18.4 Å². The molecule has 250 valence electrons. The first-order valence-electron chi connectivity index (χ1n) is 16.0. The summed E-state index contributed by atoms with van der Waals surface area (Å²) in [6.45, 7) is -1.06. The van der Waals surface area contributed by atoms with Crippen molar-refractivity contribution in [1.82, 2.24) is 0 Å². The van der Waals surface area contributed by atoms with Crippen LogP contribution in [0.3, 0.4) is 0 Å². The minimum atomic E-state index is -2.92. The van der Waals surface area contributed by atoms with Crippen LogP contribution in [0, 0.1) is 11.7 Å². The maximum Gasteiger partial charge on any atom is 0.233 e. The molecular formula is C36H46FNO7S. The fourth-order valence-electron chi connectivity index (χ4n) is 6.02. The summed E-state index contributed by atoms with van der Waals surface area (Å²) >= 11 is 0. The quantitative estimate of drug-likeness (QED) is 0.114. The first kappa shape index (κ1) is 35.7. The molecule has 1 aliphatic heterocycles. The van der Waals surface area contributed by atoms with E-state index in [0.717, 1.165) is 48.1 Å². The van der Waals surface area contributed by atoms with Crippen LogP contribution in [-0.4, -0.2) is 65.6 Å². The number of anilines is 1. The Morgan fingerprint density at radius 2 is 1.43 bits per heavy atom. The summed E-state index contributed by atoms with van der Waals surface area (Å²) in [7, 11) is -2.92. The smallest absolute Gasteiger partial charge is 0.233 e. The summed E-state index contributed by atoms with van der Waals surface area (Å²) in [4.78, 5) is 15.4. The molecule has 4 rings (SSSR count). The SMILES string of the molecule is CS(=O)(=O)CCCCCCc1ccc(N2C(=O)[C@H](CC[C@H](O)c3ccc(F)cc3)[C@H]2c2ccc(CCC(O)(CO)CO)cc2)cc1. The number of aliphatic hydroxyl groups is 4. The normalized spacial score (nSPS) is 17.6. The van der Waals surface area contributed by atoms with Gasteiger partial charge in [-0.3, -0.25) is 4.79 Å². The number of unbranched alkanes of at least 4 members (excludes halogenated alkanes) is 3. The molecule has 1 aliphatic rings. The Balaban J connectivity index is 1.44. The fraction of sp³-hybridized carbons (Fsp3) is 0.472. The topological polar surface area (TPSA) is 135 Å². The van der Waals surface area contributed by atoms with E-state index in [-0.39, 0.29) is 35.9 Å². The van der Waals surface area contributed by atoms with Crippen molar-refractivity contribution < 1.29 is 38.0 Å². The summed E-state index contributed by atoms with van der Waals surface area (Å²) in [6, 6.07) is 21.2. The molecule has 1 heterocycles. The Hall–Kier alpha value is -3.15. The predicted molar refractivity (Wildman–Crippen MR) is 177 cm³/mol. The van der Waals surface area contributed by atoms with Crippen molar-refractivity contribution in [3.05, 3.63) is 101 Å². The largest absolute Gasteiger partial charge is 0.393 e. The molecule has 8 nitrogen and oxygen atoms in total. The molecular weight excluding hydrogens is 609 g/mol. The Morgan fingerprint density at radius 3 is 2.04 bits per heavy atom. The van der Waals surface area contributed by atoms with Crippen LogP contribution in [0.1, 0.15) is 79.3 Å². The molecule has 0 spiro atoms. The van der Waals surface area contributed by atoms with Crippen LogP contribution in [0.25, 0.3) is 0 Å². The number of nitrogens with zero attached hydrogens (tertiary/aromatic N) is 1. The Kier molecular flexibility index (Phi) is 12.5. The Morgan fingerprint density at radius 1 is 0.848 bits per heavy atom. The van der Waals surface area contributed by atoms with E-state index in [9.17, 15) is 38.0 Å². The van der Waals surface area contributed by atoms with Gasteiger partial charge in [0.1, 0.15) is 21.3 Å². The van der Waals surface area contributed by atoms with Crippen LogP contribution < -0.4 is 4.90 Å². The highest BCUT2D eigenvalue weighted by Gasteiger charge is 2.48. The van der Waals surface area contributed by atoms with E-state index in [2.05, 4.69) is 0 Å². The maximum absolute atomic E-state index is 13.6. The number of sulfone groups is 1. The number of hydrogen-bond donors (Lipinski definition) is 4. The van der Waals surface area contributed by atoms with Gasteiger partial charge < -0.3 is 25.3 Å². The Labute approximate surface area is 271 Å². The van der Waals surface area contributed by atoms with Gasteiger partial charge in [0.05, 0.1) is 31.3 Å². The molecule has 46 heavy (non-hydrogen) atoms. The second kappa shape index (κ2) is 16.1. The molecule has 0 aliphatic carbocycles. The van der Waals surface area contributed by atoms with Gasteiger partial charge in [-0.2, -0.15) is 0 Å². The zero-order chi connectivity index (χ0) is 33.3. The number of rotatable bonds is 18. The van der Waals surface area contributed by atoms with Gasteiger partial charge in [0.15, 0.2) is 0 Å². The highest BCUT2D eigenvalue weighted by atomic mass is 32.2. The van der Waals surface area contributed by atoms with Crippen LogP contribution in [0.2, 0.25) is 0 Å². The number of halogens is 1. The third kappa shape index (κ3) is 9.68. The lowest BCUT2D eigenvalue weighted by Crippen LogP contribution is -2.55. The number of amides is 1. The first-order chi connectivity index (χ1) is 21.9. The molecule has 1 amide bonds. The summed E-state index contributed by atoms with van der Waals surface area (Å²) in [5.41, 5.74) is 2.83. The van der Waals surface area contributed by atoms with Gasteiger partial charge in [-0.05, 0) is 91.5 Å². The second-order valence-corrected chi connectivity index (χ2v) is 14.9. The molecule has 0 bridgehead atoms. The molecule has 0 aromatic heterocycles. The first-order valence-corrected chi connectivity index (χ1v) is 18.1. The van der Waals surface area contributed by atoms with E-state index in [1.807, 2.05) is 48.5 Å². The number of carbonyl (C=O) groups excluding carboxylic acids is 1. The zero-order valence-corrected chi connectivity index (χ0v) is 27.2. The van der Waals surface area contributed by atoms with Crippen LogP contribution in [0.4, 0.5) is 10.1 Å². The second-order valence-electron chi connectivity index (χ2n) is 12.6. The lowest BCUT2D eigenvalue weighted by atomic mass is 9.78. The lowest BCUT2D eigenvalue weighted by molar-refractivity contribution is -0.131. The molecule has 1 fully saturated rings. The van der Waals surface area contributed by atoms with Crippen molar-refractivity contribution in [1.29, 1.82) is 0 Å². The van der Waals surface area contributed by atoms with Crippen molar-refractivity contribution in [3.63, 3.8) is 0 Å². The molecule has 3 aromatic carbocycles. The van der Waals surface area contributed by atoms with Crippen LogP contribution in [0.5, 0.6) is 0 Å². The van der Waals surface area contributed by atoms with Crippen LogP contribution in [-0.2, 0) is 27.5 Å². The minimum absolute atomic E-state index is 0.0324. The van der Waals surface area contributed by atoms with E-state index >= 15 is 0 Å². The molecule has 3 atom stereocenters. The average molecular weight is 656 g/mol. The third-order valence-electron chi connectivity index (χ3n) is 8.95. The van der Waals surface area contributed by atoms with Crippen molar-refractivity contribution in [3.8, 4) is 0 Å². The van der Waals surface area contributed by atoms with E-state index in [4.69, 9.17) is 0 Å². The molecule has 4 N–H and O–H groups in total. The van der Waals surface area contributed by atoms with Gasteiger partial charge in [-0.1, -0.05) is 61.4 Å². The number of hydrogen-bond acceptors (Lipinski definition) is 7. The predicted octanol–water partition coefficient (Wildman–Crippen LogP) is 4.84. The molecule has 3 aromatic rings. The standard InChI is InChI=1S/C36H46FNO7S/c1-46(44,45)23-5-3-2-4-6-26-9-17-31(18-10-26)38-34(29-11-7-27(8-12-29)21-22-36(43,24-39)25-40)32(35(38)42)19-20-33(41)28-13-15-30(37)16-14-28/h7-18,32-34,39-41,43H,2-6,19-25H2,1H3/t32-,33+,34-/m1/s1. The fourth-order valence-corrected chi connectivity index (χ4v) is 6.75. The van der Waals surface area contributed by atoms with Gasteiger partial charge in [0.25, 0.3) is 0 Å². The van der Waals surface area contributed by atoms with E-state index in [0.29, 0.717) is 31.2 Å². The maximum atomic E-state index is 13.6. The molecule has 1 saturated heterocycles. The minimum Gasteiger partial charge on any atom is -0.393 e. The van der Waals surface area contributed by atoms with E-state index < -0.39 is 34.8 Å². The molecule has 0 unspecified atom stereocenters. The summed E-state index contributed by atoms with van der Waals surface area (Å²) in [6.07, 6.45) is 6.18. The van der Waals surface area contributed by atoms with Crippen molar-refractivity contribution in [2.75, 3.05) is 30.1 Å². The highest BCUT2D eigenvalue weighted by Crippen LogP contribution is 2.46. The molecule has 0 saturated carbocycles. The van der Waals surface area contributed by atoms with Gasteiger partial charge in [0, 0.05) is 17.7 Å². The van der Waals surface area contributed by atoms with Gasteiger partial charge in [-0.25, -0.2) is 12.8 Å². The highest BCUT2D eigenvalue weighted by molar-refractivity contribution is 7.90. The number of carbonyl (C=O) groups is 1. The van der Waals surface area contributed by atoms with Gasteiger partial charge in [-0.15, -0.1) is 0 Å². The Bertz CT molecular complexity index is 1510. The monoisotopic (exact) mass is 655 g/mol. The van der Waals surface area contributed by atoms with Crippen LogP contribution >= 0.6 is 0 Å². The summed E-state index contributed by atoms with van der Waals surface area (Å²) in [5.74, 6) is -0.549. The summed E-state index contributed by atoms with van der Waals surface area (Å²) in [5, 5.41) is 39.8. The van der Waals surface area contributed by atoms with Crippen molar-refractivity contribution in [2.45, 2.75) is 75.5 Å². The van der Waals surface area contributed by atoms with Gasteiger partial charge >= 0.3 is 0 Å². The van der Waals surface area contributed by atoms with E-state index in [1.54, 1.807) is 17.0 Å².